The third-order valence-electron chi connectivity index (χ3n) is 1.79. The largest absolute Gasteiger partial charge is 0.365 e. The Morgan fingerprint density at radius 1 is 1.36 bits per heavy atom. The molecule has 0 unspecified atom stereocenters. The topological polar surface area (TPSA) is 63.6 Å². The molecule has 1 heterocycles. The van der Waals surface area contributed by atoms with Gasteiger partial charge in [-0.15, -0.1) is 11.8 Å². The van der Waals surface area contributed by atoms with Gasteiger partial charge in [0.05, 0.1) is 5.69 Å². The van der Waals surface area contributed by atoms with E-state index in [1.54, 1.807) is 11.8 Å². The van der Waals surface area contributed by atoms with Crippen LogP contribution in [0.3, 0.4) is 0 Å². The second-order valence-corrected chi connectivity index (χ2v) is 3.50. The van der Waals surface area contributed by atoms with Crippen molar-refractivity contribution < 1.29 is 0 Å². The first-order valence-electron chi connectivity index (χ1n) is 3.96. The zero-order valence-electron chi connectivity index (χ0n) is 7.47. The molecule has 2 rings (SSSR count). The minimum Gasteiger partial charge on any atom is -0.244 e. The summed E-state index contributed by atoms with van der Waals surface area (Å²) < 4.78 is 1.21. The maximum Gasteiger partial charge on any atom is 0.365 e. The summed E-state index contributed by atoms with van der Waals surface area (Å²) in [6.07, 6.45) is 2.00. The molecule has 0 fully saturated rings. The number of thioether (sulfide) groups is 1. The van der Waals surface area contributed by atoms with Crippen LogP contribution < -0.4 is 5.69 Å². The molecular formula is C8H8N4OS. The lowest BCUT2D eigenvalue weighted by Gasteiger charge is -1.99. The van der Waals surface area contributed by atoms with E-state index < -0.39 is 0 Å². The molecule has 2 aromatic rings. The average molecular weight is 208 g/mol. The predicted octanol–water partition coefficient (Wildman–Crippen LogP) is 0.677. The van der Waals surface area contributed by atoms with Crippen LogP contribution in [0.4, 0.5) is 0 Å². The molecule has 6 heteroatoms. The van der Waals surface area contributed by atoms with Crippen LogP contribution in [0.5, 0.6) is 0 Å². The molecule has 72 valence electrons. The summed E-state index contributed by atoms with van der Waals surface area (Å²) in [5.41, 5.74) is 0.378. The van der Waals surface area contributed by atoms with E-state index in [2.05, 4.69) is 15.5 Å². The molecule has 0 aliphatic heterocycles. The maximum absolute atomic E-state index is 11.2. The zero-order chi connectivity index (χ0) is 9.97. The van der Waals surface area contributed by atoms with Crippen LogP contribution in [0.2, 0.25) is 0 Å². The first-order chi connectivity index (χ1) is 6.81. The van der Waals surface area contributed by atoms with Crippen molar-refractivity contribution in [2.75, 3.05) is 6.26 Å². The number of nitrogens with zero attached hydrogens (tertiary/aromatic N) is 3. The Labute approximate surface area is 84.1 Å². The number of H-pyrrole nitrogens is 1. The predicted molar refractivity (Wildman–Crippen MR) is 53.8 cm³/mol. The van der Waals surface area contributed by atoms with Crippen LogP contribution >= 0.6 is 11.8 Å². The molecule has 0 amide bonds. The SMILES string of the molecule is CSc1ccc(-n2nn[nH]c2=O)cc1. The molecule has 1 aromatic heterocycles. The van der Waals surface area contributed by atoms with Gasteiger partial charge >= 0.3 is 5.69 Å². The van der Waals surface area contributed by atoms with Gasteiger partial charge in [0.1, 0.15) is 0 Å². The van der Waals surface area contributed by atoms with Gasteiger partial charge in [0.2, 0.25) is 0 Å². The van der Waals surface area contributed by atoms with Crippen molar-refractivity contribution in [2.45, 2.75) is 4.90 Å². The third-order valence-corrected chi connectivity index (χ3v) is 2.53. The van der Waals surface area contributed by atoms with Gasteiger partial charge < -0.3 is 0 Å². The van der Waals surface area contributed by atoms with E-state index in [4.69, 9.17) is 0 Å². The lowest BCUT2D eigenvalue weighted by atomic mass is 10.3. The Kier molecular flexibility index (Phi) is 2.36. The van der Waals surface area contributed by atoms with E-state index in [0.717, 1.165) is 4.90 Å². The molecule has 0 spiro atoms. The van der Waals surface area contributed by atoms with E-state index in [0.29, 0.717) is 5.69 Å². The van der Waals surface area contributed by atoms with Crippen molar-refractivity contribution in [1.82, 2.24) is 20.2 Å². The van der Waals surface area contributed by atoms with Gasteiger partial charge in [-0.1, -0.05) is 0 Å². The fourth-order valence-corrected chi connectivity index (χ4v) is 1.50. The van der Waals surface area contributed by atoms with Crippen molar-refractivity contribution in [2.24, 2.45) is 0 Å². The Morgan fingerprint density at radius 2 is 2.07 bits per heavy atom. The van der Waals surface area contributed by atoms with Crippen LogP contribution in [-0.4, -0.2) is 26.5 Å². The fourth-order valence-electron chi connectivity index (χ4n) is 1.09. The van der Waals surface area contributed by atoms with Crippen LogP contribution in [0.25, 0.3) is 5.69 Å². The summed E-state index contributed by atoms with van der Waals surface area (Å²) in [4.78, 5) is 12.3. The van der Waals surface area contributed by atoms with Gasteiger partial charge in [-0.2, -0.15) is 4.68 Å². The first kappa shape index (κ1) is 9.01. The summed E-state index contributed by atoms with van der Waals surface area (Å²) in [5.74, 6) is 0. The molecule has 14 heavy (non-hydrogen) atoms. The Bertz CT molecular complexity index is 473. The van der Waals surface area contributed by atoms with Crippen LogP contribution in [0, 0.1) is 0 Å². The summed E-state index contributed by atoms with van der Waals surface area (Å²) in [5, 5.41) is 9.28. The van der Waals surface area contributed by atoms with Gasteiger partial charge in [-0.05, 0) is 40.9 Å². The summed E-state index contributed by atoms with van der Waals surface area (Å²) in [6.45, 7) is 0. The molecule has 1 N–H and O–H groups in total. The quantitative estimate of drug-likeness (QED) is 0.737. The number of aromatic amines is 1. The number of aromatic nitrogens is 4. The minimum absolute atomic E-state index is 0.332. The van der Waals surface area contributed by atoms with Crippen molar-refractivity contribution >= 4 is 11.8 Å². The third kappa shape index (κ3) is 1.56. The van der Waals surface area contributed by atoms with Crippen molar-refractivity contribution in [3.8, 4) is 5.69 Å². The molecular weight excluding hydrogens is 200 g/mol. The number of hydrogen-bond donors (Lipinski definition) is 1. The molecule has 0 saturated carbocycles. The highest BCUT2D eigenvalue weighted by molar-refractivity contribution is 7.98. The van der Waals surface area contributed by atoms with E-state index >= 15 is 0 Å². The number of rotatable bonds is 2. The molecule has 0 bridgehead atoms. The van der Waals surface area contributed by atoms with E-state index in [9.17, 15) is 4.79 Å². The molecule has 0 radical (unpaired) electrons. The number of hydrogen-bond acceptors (Lipinski definition) is 4. The average Bonchev–Trinajstić information content (AvgIpc) is 2.65. The molecule has 0 atom stereocenters. The lowest BCUT2D eigenvalue weighted by Crippen LogP contribution is -2.15. The molecule has 0 saturated heterocycles. The Balaban J connectivity index is 2.44. The Morgan fingerprint density at radius 3 is 2.57 bits per heavy atom. The highest BCUT2D eigenvalue weighted by atomic mass is 32.2. The lowest BCUT2D eigenvalue weighted by molar-refractivity contribution is 0.779. The summed E-state index contributed by atoms with van der Waals surface area (Å²) >= 11 is 1.65. The van der Waals surface area contributed by atoms with Crippen molar-refractivity contribution in [1.29, 1.82) is 0 Å². The van der Waals surface area contributed by atoms with Gasteiger partial charge in [-0.3, -0.25) is 0 Å². The Hall–Kier alpha value is -1.56. The van der Waals surface area contributed by atoms with E-state index in [-0.39, 0.29) is 5.69 Å². The summed E-state index contributed by atoms with van der Waals surface area (Å²) in [7, 11) is 0. The fraction of sp³-hybridized carbons (Fsp3) is 0.125. The standard InChI is InChI=1S/C8H8N4OS/c1-14-7-4-2-6(3-5-7)12-8(13)9-10-11-12/h2-5H,1H3,(H,9,11,13). The second-order valence-electron chi connectivity index (χ2n) is 2.62. The molecule has 0 aliphatic rings. The normalized spacial score (nSPS) is 10.4. The second kappa shape index (κ2) is 3.67. The van der Waals surface area contributed by atoms with Gasteiger partial charge in [0.25, 0.3) is 0 Å². The highest BCUT2D eigenvalue weighted by Crippen LogP contribution is 2.15. The highest BCUT2D eigenvalue weighted by Gasteiger charge is 2.01. The minimum atomic E-state index is -0.332. The van der Waals surface area contributed by atoms with E-state index in [1.807, 2.05) is 30.5 Å². The van der Waals surface area contributed by atoms with Crippen LogP contribution in [-0.2, 0) is 0 Å². The van der Waals surface area contributed by atoms with Crippen molar-refractivity contribution in [3.05, 3.63) is 34.7 Å². The van der Waals surface area contributed by atoms with Crippen molar-refractivity contribution in [3.63, 3.8) is 0 Å². The molecule has 0 aliphatic carbocycles. The smallest absolute Gasteiger partial charge is 0.244 e. The molecule has 5 nitrogen and oxygen atoms in total. The number of benzene rings is 1. The van der Waals surface area contributed by atoms with Gasteiger partial charge in [0, 0.05) is 4.90 Å². The maximum atomic E-state index is 11.2. The first-order valence-corrected chi connectivity index (χ1v) is 5.18. The van der Waals surface area contributed by atoms with Gasteiger partial charge in [0.15, 0.2) is 0 Å². The van der Waals surface area contributed by atoms with Crippen LogP contribution in [0.15, 0.2) is 34.0 Å². The summed E-state index contributed by atoms with van der Waals surface area (Å²) in [6, 6.07) is 7.52. The van der Waals surface area contributed by atoms with E-state index in [1.165, 1.54) is 4.68 Å². The monoisotopic (exact) mass is 208 g/mol. The number of nitrogens with one attached hydrogen (secondary N) is 1. The zero-order valence-corrected chi connectivity index (χ0v) is 8.28. The van der Waals surface area contributed by atoms with Gasteiger partial charge in [-0.25, -0.2) is 9.89 Å². The van der Waals surface area contributed by atoms with Crippen LogP contribution in [0.1, 0.15) is 0 Å². The number of tetrazole rings is 1. The molecule has 1 aromatic carbocycles.